The third-order valence-electron chi connectivity index (χ3n) is 2.32. The lowest BCUT2D eigenvalue weighted by molar-refractivity contribution is -0.131. The Bertz CT molecular complexity index is 593. The van der Waals surface area contributed by atoms with Crippen LogP contribution >= 0.6 is 11.8 Å². The van der Waals surface area contributed by atoms with Crippen LogP contribution in [0.5, 0.6) is 0 Å². The van der Waals surface area contributed by atoms with Crippen molar-refractivity contribution in [2.45, 2.75) is 5.03 Å². The van der Waals surface area contributed by atoms with Crippen molar-refractivity contribution in [2.75, 3.05) is 6.26 Å². The first kappa shape index (κ1) is 11.7. The van der Waals surface area contributed by atoms with Gasteiger partial charge in [-0.15, -0.1) is 11.8 Å². The second-order valence-electron chi connectivity index (χ2n) is 3.45. The predicted molar refractivity (Wildman–Crippen MR) is 70.2 cm³/mol. The van der Waals surface area contributed by atoms with E-state index in [1.165, 1.54) is 11.8 Å². The van der Waals surface area contributed by atoms with E-state index in [0.717, 1.165) is 27.6 Å². The zero-order valence-corrected chi connectivity index (χ0v) is 10.1. The van der Waals surface area contributed by atoms with E-state index in [1.54, 1.807) is 6.08 Å². The molecule has 0 fully saturated rings. The number of aliphatic carboxylic acids is 1. The van der Waals surface area contributed by atoms with Gasteiger partial charge < -0.3 is 5.11 Å². The quantitative estimate of drug-likeness (QED) is 0.667. The molecule has 0 unspecified atom stereocenters. The van der Waals surface area contributed by atoms with Crippen LogP contribution in [0.25, 0.3) is 17.0 Å². The van der Waals surface area contributed by atoms with E-state index < -0.39 is 5.97 Å². The van der Waals surface area contributed by atoms with Crippen LogP contribution < -0.4 is 0 Å². The molecule has 1 N–H and O–H groups in total. The van der Waals surface area contributed by atoms with Gasteiger partial charge in [-0.25, -0.2) is 9.78 Å². The predicted octanol–water partition coefficient (Wildman–Crippen LogP) is 3.05. The van der Waals surface area contributed by atoms with Gasteiger partial charge in [0, 0.05) is 17.0 Å². The van der Waals surface area contributed by atoms with Crippen LogP contribution in [0.4, 0.5) is 0 Å². The van der Waals surface area contributed by atoms with E-state index in [1.807, 2.05) is 36.6 Å². The molecule has 0 aliphatic heterocycles. The number of para-hydroxylation sites is 1. The van der Waals surface area contributed by atoms with E-state index in [-0.39, 0.29) is 0 Å². The molecule has 0 saturated heterocycles. The molecule has 0 saturated carbocycles. The Hall–Kier alpha value is -1.81. The molecule has 86 valence electrons. The number of carboxylic acid groups (broad SMARTS) is 1. The summed E-state index contributed by atoms with van der Waals surface area (Å²) < 4.78 is 0. The van der Waals surface area contributed by atoms with E-state index >= 15 is 0 Å². The zero-order chi connectivity index (χ0) is 12.3. The van der Waals surface area contributed by atoms with E-state index in [4.69, 9.17) is 5.11 Å². The summed E-state index contributed by atoms with van der Waals surface area (Å²) in [5.74, 6) is -0.954. The number of aromatic nitrogens is 1. The zero-order valence-electron chi connectivity index (χ0n) is 9.25. The number of nitrogens with zero attached hydrogens (tertiary/aromatic N) is 1. The minimum atomic E-state index is -0.954. The number of rotatable bonds is 3. The summed E-state index contributed by atoms with van der Waals surface area (Å²) in [4.78, 5) is 15.0. The molecule has 0 atom stereocenters. The number of fused-ring (bicyclic) bond motifs is 1. The molecule has 1 aromatic heterocycles. The third-order valence-corrected chi connectivity index (χ3v) is 3.03. The summed E-state index contributed by atoms with van der Waals surface area (Å²) in [6.45, 7) is 0. The third kappa shape index (κ3) is 2.65. The van der Waals surface area contributed by atoms with Crippen molar-refractivity contribution in [3.8, 4) is 0 Å². The van der Waals surface area contributed by atoms with E-state index in [9.17, 15) is 4.79 Å². The van der Waals surface area contributed by atoms with Crippen LogP contribution in [0.1, 0.15) is 5.56 Å². The van der Waals surface area contributed by atoms with E-state index in [0.29, 0.717) is 0 Å². The summed E-state index contributed by atoms with van der Waals surface area (Å²) in [6, 6.07) is 9.73. The van der Waals surface area contributed by atoms with Gasteiger partial charge in [0.15, 0.2) is 0 Å². The summed E-state index contributed by atoms with van der Waals surface area (Å²) >= 11 is 1.51. The number of carboxylic acids is 1. The van der Waals surface area contributed by atoms with Crippen LogP contribution in [0.3, 0.4) is 0 Å². The van der Waals surface area contributed by atoms with Gasteiger partial charge in [0.05, 0.1) is 5.52 Å². The first-order valence-corrected chi connectivity index (χ1v) is 6.28. The Kier molecular flexibility index (Phi) is 3.44. The second kappa shape index (κ2) is 5.01. The maximum absolute atomic E-state index is 10.5. The van der Waals surface area contributed by atoms with Crippen molar-refractivity contribution >= 4 is 34.7 Å². The number of hydrogen-bond donors (Lipinski definition) is 1. The highest BCUT2D eigenvalue weighted by molar-refractivity contribution is 7.98. The van der Waals surface area contributed by atoms with E-state index in [2.05, 4.69) is 4.98 Å². The number of carbonyl (C=O) groups is 1. The average Bonchev–Trinajstić information content (AvgIpc) is 2.35. The molecule has 17 heavy (non-hydrogen) atoms. The van der Waals surface area contributed by atoms with Crippen molar-refractivity contribution in [3.05, 3.63) is 42.0 Å². The van der Waals surface area contributed by atoms with Crippen molar-refractivity contribution < 1.29 is 9.90 Å². The summed E-state index contributed by atoms with van der Waals surface area (Å²) in [5.41, 5.74) is 1.75. The molecule has 0 amide bonds. The standard InChI is InChI=1S/C13H11NO2S/c1-17-13-10(6-7-12(15)16)8-9-4-2-3-5-11(9)14-13/h2-8H,1H3,(H,15,16)/b7-6+. The fourth-order valence-electron chi connectivity index (χ4n) is 1.56. The molecular weight excluding hydrogens is 234 g/mol. The summed E-state index contributed by atoms with van der Waals surface area (Å²) in [7, 11) is 0. The molecule has 0 radical (unpaired) electrons. The van der Waals surface area contributed by atoms with Crippen molar-refractivity contribution in [1.29, 1.82) is 0 Å². The normalized spacial score (nSPS) is 11.1. The Labute approximate surface area is 103 Å². The van der Waals surface area contributed by atoms with Crippen LogP contribution in [0, 0.1) is 0 Å². The van der Waals surface area contributed by atoms with Gasteiger partial charge in [0.2, 0.25) is 0 Å². The molecule has 0 aliphatic rings. The molecule has 2 aromatic rings. The number of benzene rings is 1. The molecular formula is C13H11NO2S. The highest BCUT2D eigenvalue weighted by Crippen LogP contribution is 2.24. The van der Waals surface area contributed by atoms with Crippen molar-refractivity contribution in [2.24, 2.45) is 0 Å². The van der Waals surface area contributed by atoms with Crippen LogP contribution in [0.2, 0.25) is 0 Å². The maximum atomic E-state index is 10.5. The van der Waals surface area contributed by atoms with Crippen LogP contribution in [0.15, 0.2) is 41.4 Å². The van der Waals surface area contributed by atoms with Gasteiger partial charge >= 0.3 is 5.97 Å². The molecule has 1 heterocycles. The summed E-state index contributed by atoms with van der Waals surface area (Å²) in [5, 5.41) is 10.5. The van der Waals surface area contributed by atoms with Gasteiger partial charge in [-0.1, -0.05) is 18.2 Å². The lowest BCUT2D eigenvalue weighted by Crippen LogP contribution is -1.90. The number of thioether (sulfide) groups is 1. The van der Waals surface area contributed by atoms with Gasteiger partial charge in [0.25, 0.3) is 0 Å². The molecule has 0 aliphatic carbocycles. The van der Waals surface area contributed by atoms with Crippen LogP contribution in [-0.2, 0) is 4.79 Å². The fourth-order valence-corrected chi connectivity index (χ4v) is 2.11. The number of hydrogen-bond acceptors (Lipinski definition) is 3. The average molecular weight is 245 g/mol. The molecule has 3 nitrogen and oxygen atoms in total. The van der Waals surface area contributed by atoms with Gasteiger partial charge in [-0.2, -0.15) is 0 Å². The smallest absolute Gasteiger partial charge is 0.328 e. The largest absolute Gasteiger partial charge is 0.478 e. The van der Waals surface area contributed by atoms with Crippen LogP contribution in [-0.4, -0.2) is 22.3 Å². The van der Waals surface area contributed by atoms with Gasteiger partial charge in [-0.3, -0.25) is 0 Å². The van der Waals surface area contributed by atoms with Gasteiger partial charge in [0.1, 0.15) is 5.03 Å². The first-order chi connectivity index (χ1) is 8.20. The Balaban J connectivity index is 2.56. The SMILES string of the molecule is CSc1nc2ccccc2cc1/C=C/C(=O)O. The highest BCUT2D eigenvalue weighted by Gasteiger charge is 2.03. The van der Waals surface area contributed by atoms with Crippen molar-refractivity contribution in [3.63, 3.8) is 0 Å². The first-order valence-electron chi connectivity index (χ1n) is 5.05. The van der Waals surface area contributed by atoms with Crippen molar-refractivity contribution in [1.82, 2.24) is 4.98 Å². The Morgan fingerprint density at radius 3 is 2.88 bits per heavy atom. The maximum Gasteiger partial charge on any atom is 0.328 e. The number of pyridine rings is 1. The molecule has 0 spiro atoms. The fraction of sp³-hybridized carbons (Fsp3) is 0.0769. The Morgan fingerprint density at radius 1 is 1.41 bits per heavy atom. The lowest BCUT2D eigenvalue weighted by atomic mass is 10.1. The minimum absolute atomic E-state index is 0.832. The molecule has 4 heteroatoms. The topological polar surface area (TPSA) is 50.2 Å². The van der Waals surface area contributed by atoms with Gasteiger partial charge in [-0.05, 0) is 24.5 Å². The minimum Gasteiger partial charge on any atom is -0.478 e. The monoisotopic (exact) mass is 245 g/mol. The lowest BCUT2D eigenvalue weighted by Gasteiger charge is -2.04. The Morgan fingerprint density at radius 2 is 2.18 bits per heavy atom. The molecule has 0 bridgehead atoms. The summed E-state index contributed by atoms with van der Waals surface area (Å²) in [6.07, 6.45) is 4.63. The second-order valence-corrected chi connectivity index (χ2v) is 4.25. The highest BCUT2D eigenvalue weighted by atomic mass is 32.2. The molecule has 2 rings (SSSR count). The molecule has 1 aromatic carbocycles.